The zero-order valence-electron chi connectivity index (χ0n) is 15.0. The van der Waals surface area contributed by atoms with Crippen LogP contribution in [0.15, 0.2) is 23.1 Å². The lowest BCUT2D eigenvalue weighted by atomic mass is 10.1. The Balaban J connectivity index is 1.68. The van der Waals surface area contributed by atoms with E-state index >= 15 is 0 Å². The molecule has 1 aromatic rings. The van der Waals surface area contributed by atoms with Crippen LogP contribution in [-0.2, 0) is 24.7 Å². The Bertz CT molecular complexity index is 916. The number of amides is 1. The molecule has 2 saturated heterocycles. The average molecular weight is 401 g/mol. The molecule has 2 fully saturated rings. The van der Waals surface area contributed by atoms with Gasteiger partial charge in [-0.2, -0.15) is 4.31 Å². The lowest BCUT2D eigenvalue weighted by molar-refractivity contribution is -0.135. The molecule has 2 aliphatic rings. The molecule has 144 valence electrons. The van der Waals surface area contributed by atoms with Gasteiger partial charge < -0.3 is 4.90 Å². The largest absolute Gasteiger partial charge is 0.340 e. The first-order valence-electron chi connectivity index (χ1n) is 8.67. The highest BCUT2D eigenvalue weighted by Crippen LogP contribution is 2.24. The minimum absolute atomic E-state index is 0.0599. The molecular formula is C17H24N2O5S2. The van der Waals surface area contributed by atoms with Crippen molar-refractivity contribution in [1.82, 2.24) is 9.21 Å². The van der Waals surface area contributed by atoms with Crippen molar-refractivity contribution in [1.29, 1.82) is 0 Å². The van der Waals surface area contributed by atoms with Gasteiger partial charge in [0.15, 0.2) is 9.84 Å². The molecule has 1 atom stereocenters. The smallest absolute Gasteiger partial charge is 0.243 e. The zero-order valence-corrected chi connectivity index (χ0v) is 16.6. The number of hydrogen-bond donors (Lipinski definition) is 0. The average Bonchev–Trinajstić information content (AvgIpc) is 2.96. The fourth-order valence-electron chi connectivity index (χ4n) is 3.52. The Morgan fingerprint density at radius 1 is 1.12 bits per heavy atom. The molecule has 26 heavy (non-hydrogen) atoms. The molecule has 0 unspecified atom stereocenters. The quantitative estimate of drug-likeness (QED) is 0.740. The second-order valence-corrected chi connectivity index (χ2v) is 11.2. The van der Waals surface area contributed by atoms with E-state index in [0.29, 0.717) is 30.0 Å². The van der Waals surface area contributed by atoms with Crippen LogP contribution >= 0.6 is 0 Å². The monoisotopic (exact) mass is 400 g/mol. The number of benzene rings is 1. The van der Waals surface area contributed by atoms with E-state index in [-0.39, 0.29) is 30.5 Å². The normalized spacial score (nSPS) is 23.9. The summed E-state index contributed by atoms with van der Waals surface area (Å²) in [4.78, 5) is 14.4. The van der Waals surface area contributed by atoms with E-state index in [9.17, 15) is 21.6 Å². The van der Waals surface area contributed by atoms with E-state index in [0.717, 1.165) is 5.56 Å². The summed E-state index contributed by atoms with van der Waals surface area (Å²) in [5, 5.41) is 0. The van der Waals surface area contributed by atoms with E-state index in [1.165, 1.54) is 4.31 Å². The maximum Gasteiger partial charge on any atom is 0.243 e. The number of piperazine rings is 1. The number of rotatable bonds is 3. The van der Waals surface area contributed by atoms with Gasteiger partial charge in [-0.3, -0.25) is 4.79 Å². The summed E-state index contributed by atoms with van der Waals surface area (Å²) in [6.07, 6.45) is 0.363. The van der Waals surface area contributed by atoms with Crippen molar-refractivity contribution in [2.24, 2.45) is 5.92 Å². The molecule has 0 aromatic heterocycles. The van der Waals surface area contributed by atoms with Gasteiger partial charge in [-0.1, -0.05) is 12.1 Å². The fraction of sp³-hybridized carbons (Fsp3) is 0.588. The first-order valence-corrected chi connectivity index (χ1v) is 11.9. The van der Waals surface area contributed by atoms with Crippen LogP contribution in [0.4, 0.5) is 0 Å². The van der Waals surface area contributed by atoms with E-state index in [1.54, 1.807) is 24.0 Å². The van der Waals surface area contributed by atoms with Crippen molar-refractivity contribution in [3.05, 3.63) is 29.3 Å². The van der Waals surface area contributed by atoms with Crippen LogP contribution in [0, 0.1) is 19.8 Å². The summed E-state index contributed by atoms with van der Waals surface area (Å²) < 4.78 is 50.4. The number of aryl methyl sites for hydroxylation is 2. The number of nitrogens with zero attached hydrogens (tertiary/aromatic N) is 2. The van der Waals surface area contributed by atoms with Crippen LogP contribution < -0.4 is 0 Å². The second-order valence-electron chi connectivity index (χ2n) is 7.10. The van der Waals surface area contributed by atoms with Gasteiger partial charge in [0.05, 0.1) is 22.3 Å². The third kappa shape index (κ3) is 3.79. The van der Waals surface area contributed by atoms with Crippen molar-refractivity contribution in [2.45, 2.75) is 25.2 Å². The number of carbonyl (C=O) groups is 1. The molecular weight excluding hydrogens is 376 g/mol. The third-order valence-corrected chi connectivity index (χ3v) is 8.90. The molecule has 3 rings (SSSR count). The van der Waals surface area contributed by atoms with Gasteiger partial charge in [-0.05, 0) is 37.5 Å². The maximum absolute atomic E-state index is 12.9. The zero-order chi connectivity index (χ0) is 19.1. The molecule has 0 radical (unpaired) electrons. The summed E-state index contributed by atoms with van der Waals surface area (Å²) in [6.45, 7) is 4.65. The highest BCUT2D eigenvalue weighted by Gasteiger charge is 2.37. The molecule has 2 aliphatic heterocycles. The first-order chi connectivity index (χ1) is 12.1. The van der Waals surface area contributed by atoms with Crippen molar-refractivity contribution in [3.63, 3.8) is 0 Å². The van der Waals surface area contributed by atoms with Gasteiger partial charge in [0.25, 0.3) is 0 Å². The van der Waals surface area contributed by atoms with Gasteiger partial charge in [0.1, 0.15) is 0 Å². The SMILES string of the molecule is Cc1ccc(C)c(S(=O)(=O)N2CCN(C(=O)[C@H]3CCS(=O)(=O)C3)CC2)c1. The Kier molecular flexibility index (Phi) is 5.15. The van der Waals surface area contributed by atoms with Crippen LogP contribution in [0.25, 0.3) is 0 Å². The third-order valence-electron chi connectivity index (χ3n) is 5.09. The van der Waals surface area contributed by atoms with Crippen molar-refractivity contribution >= 4 is 25.8 Å². The minimum Gasteiger partial charge on any atom is -0.340 e. The molecule has 0 bridgehead atoms. The molecule has 9 heteroatoms. The number of carbonyl (C=O) groups excluding carboxylic acids is 1. The van der Waals surface area contributed by atoms with Crippen molar-refractivity contribution < 1.29 is 21.6 Å². The fourth-order valence-corrected chi connectivity index (χ4v) is 6.99. The lowest BCUT2D eigenvalue weighted by Crippen LogP contribution is -2.52. The van der Waals surface area contributed by atoms with E-state index in [2.05, 4.69) is 0 Å². The molecule has 0 saturated carbocycles. The predicted octanol–water partition coefficient (Wildman–Crippen LogP) is 0.571. The van der Waals surface area contributed by atoms with Crippen LogP contribution in [0.2, 0.25) is 0 Å². The van der Waals surface area contributed by atoms with Crippen LogP contribution in [0.1, 0.15) is 17.5 Å². The van der Waals surface area contributed by atoms with Crippen molar-refractivity contribution in [3.8, 4) is 0 Å². The lowest BCUT2D eigenvalue weighted by Gasteiger charge is -2.35. The Hall–Kier alpha value is -1.45. The van der Waals surface area contributed by atoms with Gasteiger partial charge >= 0.3 is 0 Å². The number of sulfonamides is 1. The summed E-state index contributed by atoms with van der Waals surface area (Å²) in [6, 6.07) is 5.34. The summed E-state index contributed by atoms with van der Waals surface area (Å²) in [5.74, 6) is -0.686. The molecule has 0 N–H and O–H groups in total. The topological polar surface area (TPSA) is 91.8 Å². The summed E-state index contributed by atoms with van der Waals surface area (Å²) in [5.41, 5.74) is 1.58. The highest BCUT2D eigenvalue weighted by molar-refractivity contribution is 7.91. The molecule has 0 spiro atoms. The Labute approximate surface area is 155 Å². The van der Waals surface area contributed by atoms with Crippen LogP contribution in [0.5, 0.6) is 0 Å². The number of sulfone groups is 1. The highest BCUT2D eigenvalue weighted by atomic mass is 32.2. The maximum atomic E-state index is 12.9. The Morgan fingerprint density at radius 2 is 1.77 bits per heavy atom. The molecule has 0 aliphatic carbocycles. The molecule has 7 nitrogen and oxygen atoms in total. The van der Waals surface area contributed by atoms with Gasteiger partial charge in [0, 0.05) is 26.2 Å². The van der Waals surface area contributed by atoms with E-state index < -0.39 is 25.8 Å². The van der Waals surface area contributed by atoms with Gasteiger partial charge in [0.2, 0.25) is 15.9 Å². The second kappa shape index (κ2) is 6.94. The van der Waals surface area contributed by atoms with Gasteiger partial charge in [-0.15, -0.1) is 0 Å². The number of hydrogen-bond acceptors (Lipinski definition) is 5. The van der Waals surface area contributed by atoms with E-state index in [4.69, 9.17) is 0 Å². The first kappa shape index (κ1) is 19.3. The molecule has 1 aromatic carbocycles. The van der Waals surface area contributed by atoms with E-state index in [1.807, 2.05) is 13.0 Å². The predicted molar refractivity (Wildman–Crippen MR) is 98.0 cm³/mol. The van der Waals surface area contributed by atoms with Gasteiger partial charge in [-0.25, -0.2) is 16.8 Å². The molecule has 2 heterocycles. The standard InChI is InChI=1S/C17H24N2O5S2/c1-13-3-4-14(2)16(11-13)26(23,24)19-8-6-18(7-9-19)17(20)15-5-10-25(21,22)12-15/h3-4,11,15H,5-10,12H2,1-2H3/t15-/m0/s1. The van der Waals surface area contributed by atoms with Crippen LogP contribution in [0.3, 0.4) is 0 Å². The summed E-state index contributed by atoms with van der Waals surface area (Å²) >= 11 is 0. The van der Waals surface area contributed by atoms with Crippen LogP contribution in [-0.4, -0.2) is 69.6 Å². The summed E-state index contributed by atoms with van der Waals surface area (Å²) in [7, 11) is -6.71. The van der Waals surface area contributed by atoms with Crippen molar-refractivity contribution in [2.75, 3.05) is 37.7 Å². The minimum atomic E-state index is -3.60. The molecule has 1 amide bonds. The Morgan fingerprint density at radius 3 is 2.35 bits per heavy atom.